The van der Waals surface area contributed by atoms with Crippen LogP contribution in [0.2, 0.25) is 0 Å². The van der Waals surface area contributed by atoms with E-state index in [4.69, 9.17) is 0 Å². The average molecular weight is 272 g/mol. The van der Waals surface area contributed by atoms with Crippen LogP contribution in [-0.2, 0) is 9.59 Å². The molecule has 1 aliphatic carbocycles. The Bertz CT molecular complexity index is 595. The highest BCUT2D eigenvalue weighted by Crippen LogP contribution is 2.44. The third kappa shape index (κ3) is 2.13. The first-order valence-corrected chi connectivity index (χ1v) is 6.25. The number of carbonyl (C=O) groups is 2. The molecule has 0 saturated heterocycles. The Balaban J connectivity index is 2.71. The van der Waals surface area contributed by atoms with E-state index >= 15 is 0 Å². The predicted molar refractivity (Wildman–Crippen MR) is 75.0 cm³/mol. The van der Waals surface area contributed by atoms with Crippen molar-refractivity contribution in [3.05, 3.63) is 54.1 Å². The van der Waals surface area contributed by atoms with Crippen molar-refractivity contribution < 1.29 is 19.8 Å². The molecule has 2 rings (SSSR count). The maximum atomic E-state index is 11.6. The molecule has 20 heavy (non-hydrogen) atoms. The third-order valence-electron chi connectivity index (χ3n) is 3.46. The van der Waals surface area contributed by atoms with E-state index in [1.54, 1.807) is 42.5 Å². The quantitative estimate of drug-likeness (QED) is 0.655. The minimum absolute atomic E-state index is 0.297. The lowest BCUT2D eigenvalue weighted by Gasteiger charge is -2.33. The van der Waals surface area contributed by atoms with Gasteiger partial charge in [0.1, 0.15) is 0 Å². The largest absolute Gasteiger partial charge is 0.480 e. The molecule has 1 aromatic carbocycles. The summed E-state index contributed by atoms with van der Waals surface area (Å²) in [4.78, 5) is 23.3. The van der Waals surface area contributed by atoms with E-state index in [2.05, 4.69) is 0 Å². The molecule has 0 heterocycles. The first-order chi connectivity index (χ1) is 9.29. The Hall–Kier alpha value is -2.36. The maximum Gasteiger partial charge on any atom is 0.329 e. The van der Waals surface area contributed by atoms with Crippen molar-refractivity contribution in [1.82, 2.24) is 0 Å². The minimum Gasteiger partial charge on any atom is -0.480 e. The molecule has 0 amide bonds. The molecule has 0 unspecified atom stereocenters. The normalized spacial score (nSPS) is 19.2. The van der Waals surface area contributed by atoms with Crippen molar-refractivity contribution in [2.75, 3.05) is 0 Å². The standard InChI is InChI=1S/C16H16O4/c1-15(2)8-9-16(13(17)18,14(19)20)12(10-15)11-6-4-3-5-7-11/h3-10H,1-2H3,(H,17,18)(H,19,20). The summed E-state index contributed by atoms with van der Waals surface area (Å²) in [6.45, 7) is 3.81. The van der Waals surface area contributed by atoms with Crippen LogP contribution in [0.15, 0.2) is 48.6 Å². The smallest absolute Gasteiger partial charge is 0.329 e. The summed E-state index contributed by atoms with van der Waals surface area (Å²) < 4.78 is 0. The van der Waals surface area contributed by atoms with Crippen molar-refractivity contribution in [1.29, 1.82) is 0 Å². The van der Waals surface area contributed by atoms with Crippen LogP contribution in [0, 0.1) is 10.8 Å². The monoisotopic (exact) mass is 272 g/mol. The summed E-state index contributed by atoms with van der Waals surface area (Å²) in [6.07, 6.45) is 4.62. The summed E-state index contributed by atoms with van der Waals surface area (Å²) in [6, 6.07) is 8.77. The molecule has 4 heteroatoms. The fraction of sp³-hybridized carbons (Fsp3) is 0.250. The van der Waals surface area contributed by atoms with Crippen molar-refractivity contribution in [3.63, 3.8) is 0 Å². The number of carboxylic acid groups (broad SMARTS) is 2. The first kappa shape index (κ1) is 14.1. The van der Waals surface area contributed by atoms with Gasteiger partial charge in [0.25, 0.3) is 0 Å². The van der Waals surface area contributed by atoms with E-state index in [-0.39, 0.29) is 5.41 Å². The van der Waals surface area contributed by atoms with Gasteiger partial charge in [0.2, 0.25) is 5.41 Å². The van der Waals surface area contributed by atoms with Gasteiger partial charge in [-0.15, -0.1) is 0 Å². The van der Waals surface area contributed by atoms with Crippen LogP contribution in [0.4, 0.5) is 0 Å². The van der Waals surface area contributed by atoms with Crippen molar-refractivity contribution >= 4 is 17.5 Å². The molecule has 0 aromatic heterocycles. The number of aliphatic carboxylic acids is 2. The molecular weight excluding hydrogens is 256 g/mol. The fourth-order valence-electron chi connectivity index (χ4n) is 2.36. The zero-order valence-corrected chi connectivity index (χ0v) is 11.3. The Morgan fingerprint density at radius 1 is 0.950 bits per heavy atom. The summed E-state index contributed by atoms with van der Waals surface area (Å²) in [5.41, 5.74) is -1.52. The SMILES string of the molecule is CC1(C)C=CC(C(=O)O)(C(=O)O)C(c2ccccc2)=C1. The Kier molecular flexibility index (Phi) is 3.26. The zero-order valence-electron chi connectivity index (χ0n) is 11.3. The topological polar surface area (TPSA) is 74.6 Å². The minimum atomic E-state index is -2.03. The second-order valence-electron chi connectivity index (χ2n) is 5.50. The molecule has 2 N–H and O–H groups in total. The van der Waals surface area contributed by atoms with E-state index < -0.39 is 17.4 Å². The van der Waals surface area contributed by atoms with Gasteiger partial charge in [-0.3, -0.25) is 9.59 Å². The number of hydrogen-bond acceptors (Lipinski definition) is 2. The first-order valence-electron chi connectivity index (χ1n) is 6.25. The molecule has 104 valence electrons. The molecule has 0 atom stereocenters. The van der Waals surface area contributed by atoms with Crippen LogP contribution in [0.5, 0.6) is 0 Å². The summed E-state index contributed by atoms with van der Waals surface area (Å²) >= 11 is 0. The van der Waals surface area contributed by atoms with Crippen molar-refractivity contribution in [2.24, 2.45) is 10.8 Å². The van der Waals surface area contributed by atoms with Gasteiger partial charge in [-0.25, -0.2) is 0 Å². The van der Waals surface area contributed by atoms with E-state index in [0.717, 1.165) is 0 Å². The summed E-state index contributed by atoms with van der Waals surface area (Å²) in [5, 5.41) is 19.0. The Labute approximate surface area is 117 Å². The van der Waals surface area contributed by atoms with Gasteiger partial charge in [-0.1, -0.05) is 62.4 Å². The van der Waals surface area contributed by atoms with Gasteiger partial charge in [0, 0.05) is 5.41 Å². The molecular formula is C16H16O4. The summed E-state index contributed by atoms with van der Waals surface area (Å²) in [5.74, 6) is -2.77. The van der Waals surface area contributed by atoms with E-state index in [0.29, 0.717) is 11.1 Å². The van der Waals surface area contributed by atoms with Gasteiger partial charge in [0.05, 0.1) is 0 Å². The predicted octanol–water partition coefficient (Wildman–Crippen LogP) is 2.82. The Morgan fingerprint density at radius 3 is 2.00 bits per heavy atom. The van der Waals surface area contributed by atoms with E-state index in [1.165, 1.54) is 6.08 Å². The molecule has 0 bridgehead atoms. The van der Waals surface area contributed by atoms with Gasteiger partial charge in [0.15, 0.2) is 0 Å². The van der Waals surface area contributed by atoms with Crippen molar-refractivity contribution in [3.8, 4) is 0 Å². The van der Waals surface area contributed by atoms with Gasteiger partial charge in [-0.05, 0) is 11.1 Å². The number of hydrogen-bond donors (Lipinski definition) is 2. The van der Waals surface area contributed by atoms with Crippen LogP contribution >= 0.6 is 0 Å². The summed E-state index contributed by atoms with van der Waals surface area (Å²) in [7, 11) is 0. The third-order valence-corrected chi connectivity index (χ3v) is 3.46. The molecule has 0 fully saturated rings. The molecule has 4 nitrogen and oxygen atoms in total. The zero-order chi connectivity index (χ0) is 15.0. The maximum absolute atomic E-state index is 11.6. The average Bonchev–Trinajstić information content (AvgIpc) is 2.38. The second-order valence-corrected chi connectivity index (χ2v) is 5.50. The number of benzene rings is 1. The van der Waals surface area contributed by atoms with Crippen LogP contribution < -0.4 is 0 Å². The molecule has 1 aliphatic rings. The lowest BCUT2D eigenvalue weighted by molar-refractivity contribution is -0.156. The lowest BCUT2D eigenvalue weighted by Crippen LogP contribution is -2.41. The second kappa shape index (κ2) is 4.63. The van der Waals surface area contributed by atoms with Gasteiger partial charge in [-0.2, -0.15) is 0 Å². The Morgan fingerprint density at radius 2 is 1.50 bits per heavy atom. The highest BCUT2D eigenvalue weighted by Gasteiger charge is 2.50. The van der Waals surface area contributed by atoms with Crippen LogP contribution in [0.25, 0.3) is 5.57 Å². The molecule has 0 spiro atoms. The van der Waals surface area contributed by atoms with Crippen LogP contribution in [0.3, 0.4) is 0 Å². The molecule has 1 aromatic rings. The molecule has 0 radical (unpaired) electrons. The number of allylic oxidation sites excluding steroid dienone is 2. The van der Waals surface area contributed by atoms with E-state index in [9.17, 15) is 19.8 Å². The van der Waals surface area contributed by atoms with Gasteiger partial charge >= 0.3 is 11.9 Å². The number of rotatable bonds is 3. The lowest BCUT2D eigenvalue weighted by atomic mass is 9.68. The van der Waals surface area contributed by atoms with Crippen molar-refractivity contribution in [2.45, 2.75) is 13.8 Å². The molecule has 0 saturated carbocycles. The van der Waals surface area contributed by atoms with E-state index in [1.807, 2.05) is 13.8 Å². The van der Waals surface area contributed by atoms with Gasteiger partial charge < -0.3 is 10.2 Å². The number of carboxylic acids is 2. The van der Waals surface area contributed by atoms with Crippen LogP contribution in [0.1, 0.15) is 19.4 Å². The fourth-order valence-corrected chi connectivity index (χ4v) is 2.36. The van der Waals surface area contributed by atoms with Crippen LogP contribution in [-0.4, -0.2) is 22.2 Å². The molecule has 0 aliphatic heterocycles. The highest BCUT2D eigenvalue weighted by molar-refractivity contribution is 6.13. The highest BCUT2D eigenvalue weighted by atomic mass is 16.4.